The zero-order valence-electron chi connectivity index (χ0n) is 16.1. The molecule has 0 radical (unpaired) electrons. The molecule has 0 saturated heterocycles. The van der Waals surface area contributed by atoms with Gasteiger partial charge in [-0.05, 0) is 61.7 Å². The molecular weight excluding hydrogens is 357 g/mol. The van der Waals surface area contributed by atoms with Gasteiger partial charge in [-0.15, -0.1) is 0 Å². The van der Waals surface area contributed by atoms with Crippen LogP contribution >= 0.6 is 0 Å². The van der Waals surface area contributed by atoms with Crippen molar-refractivity contribution >= 4 is 28.4 Å². The van der Waals surface area contributed by atoms with Gasteiger partial charge in [0, 0.05) is 29.7 Å². The van der Waals surface area contributed by atoms with Crippen LogP contribution < -0.4 is 10.6 Å². The van der Waals surface area contributed by atoms with Crippen LogP contribution in [0.1, 0.15) is 40.3 Å². The molecule has 0 fully saturated rings. The van der Waals surface area contributed by atoms with Crippen LogP contribution in [0.5, 0.6) is 0 Å². The van der Waals surface area contributed by atoms with Crippen molar-refractivity contribution in [3.05, 3.63) is 64.1 Å². The van der Waals surface area contributed by atoms with Crippen LogP contribution in [0.4, 0.5) is 10.1 Å². The average Bonchev–Trinajstić information content (AvgIpc) is 2.94. The Morgan fingerprint density at radius 3 is 2.79 bits per heavy atom. The van der Waals surface area contributed by atoms with Crippen LogP contribution in [0, 0.1) is 26.6 Å². The van der Waals surface area contributed by atoms with E-state index in [2.05, 4.69) is 28.6 Å². The molecule has 0 unspecified atom stereocenters. The van der Waals surface area contributed by atoms with Gasteiger partial charge in [0.2, 0.25) is 11.8 Å². The van der Waals surface area contributed by atoms with E-state index in [9.17, 15) is 14.0 Å². The van der Waals surface area contributed by atoms with Gasteiger partial charge in [0.25, 0.3) is 0 Å². The fourth-order valence-corrected chi connectivity index (χ4v) is 3.90. The number of nitrogens with one attached hydrogen (secondary N) is 3. The maximum Gasteiger partial charge on any atom is 0.228 e. The monoisotopic (exact) mass is 379 g/mol. The number of carbonyl (C=O) groups is 2. The Bertz CT molecular complexity index is 1120. The van der Waals surface area contributed by atoms with E-state index in [1.54, 1.807) is 0 Å². The Balaban J connectivity index is 1.61. The van der Waals surface area contributed by atoms with Crippen molar-refractivity contribution in [2.24, 2.45) is 0 Å². The van der Waals surface area contributed by atoms with Crippen molar-refractivity contribution in [2.45, 2.75) is 39.7 Å². The van der Waals surface area contributed by atoms with E-state index >= 15 is 0 Å². The molecule has 144 valence electrons. The highest BCUT2D eigenvalue weighted by molar-refractivity contribution is 6.01. The summed E-state index contributed by atoms with van der Waals surface area (Å²) in [6.45, 7) is 6.46. The molecule has 5 nitrogen and oxygen atoms in total. The topological polar surface area (TPSA) is 74.0 Å². The molecule has 0 aliphatic carbocycles. The van der Waals surface area contributed by atoms with E-state index in [1.165, 1.54) is 23.8 Å². The minimum Gasteiger partial charge on any atom is -0.358 e. The summed E-state index contributed by atoms with van der Waals surface area (Å²) in [6.07, 6.45) is 0.00618. The van der Waals surface area contributed by atoms with E-state index in [0.29, 0.717) is 17.8 Å². The number of fused-ring (bicyclic) bond motifs is 2. The standard InChI is InChI=1S/C22H22FN3O2/c1-11-6-14(21-16(7-11)12(2)13(3)25-21)10-24-22(28)18-9-20(27)26-19-5-4-15(23)8-17(18)19/h4-8,18,25H,9-10H2,1-3H3,(H,24,28)(H,26,27)/t18-/m1/s1. The Labute approximate surface area is 162 Å². The average molecular weight is 379 g/mol. The van der Waals surface area contributed by atoms with Crippen molar-refractivity contribution < 1.29 is 14.0 Å². The van der Waals surface area contributed by atoms with Crippen molar-refractivity contribution in [3.63, 3.8) is 0 Å². The Hall–Kier alpha value is -3.15. The first-order chi connectivity index (χ1) is 13.3. The predicted molar refractivity (Wildman–Crippen MR) is 107 cm³/mol. The molecule has 1 aromatic heterocycles. The van der Waals surface area contributed by atoms with Gasteiger partial charge >= 0.3 is 0 Å². The van der Waals surface area contributed by atoms with E-state index < -0.39 is 11.7 Å². The van der Waals surface area contributed by atoms with Crippen LogP contribution in [0.25, 0.3) is 10.9 Å². The summed E-state index contributed by atoms with van der Waals surface area (Å²) in [5, 5.41) is 6.78. The van der Waals surface area contributed by atoms with Crippen LogP contribution in [0.2, 0.25) is 0 Å². The summed E-state index contributed by atoms with van der Waals surface area (Å²) >= 11 is 0. The number of rotatable bonds is 3. The third kappa shape index (κ3) is 3.15. The molecule has 0 bridgehead atoms. The van der Waals surface area contributed by atoms with Gasteiger partial charge in [-0.2, -0.15) is 0 Å². The number of aromatic nitrogens is 1. The molecule has 28 heavy (non-hydrogen) atoms. The molecule has 4 rings (SSSR count). The highest BCUT2D eigenvalue weighted by Crippen LogP contribution is 2.33. The lowest BCUT2D eigenvalue weighted by molar-refractivity contribution is -0.126. The minimum absolute atomic E-state index is 0.00618. The van der Waals surface area contributed by atoms with Gasteiger partial charge in [-0.3, -0.25) is 9.59 Å². The molecule has 1 aliphatic rings. The molecule has 1 atom stereocenters. The van der Waals surface area contributed by atoms with Gasteiger partial charge in [-0.25, -0.2) is 4.39 Å². The minimum atomic E-state index is -0.702. The SMILES string of the molecule is Cc1cc(CNC(=O)[C@@H]2CC(=O)Nc3ccc(F)cc32)c2[nH]c(C)c(C)c2c1. The maximum absolute atomic E-state index is 13.7. The van der Waals surface area contributed by atoms with E-state index in [0.717, 1.165) is 27.7 Å². The molecule has 2 amide bonds. The third-order valence-electron chi connectivity index (χ3n) is 5.47. The van der Waals surface area contributed by atoms with E-state index in [4.69, 9.17) is 0 Å². The van der Waals surface area contributed by atoms with Gasteiger partial charge in [0.05, 0.1) is 11.4 Å². The molecule has 2 heterocycles. The van der Waals surface area contributed by atoms with Gasteiger partial charge in [0.15, 0.2) is 0 Å². The number of aryl methyl sites for hydroxylation is 3. The zero-order valence-corrected chi connectivity index (χ0v) is 16.1. The fourth-order valence-electron chi connectivity index (χ4n) is 3.90. The lowest BCUT2D eigenvalue weighted by atomic mass is 9.89. The number of aromatic amines is 1. The first-order valence-electron chi connectivity index (χ1n) is 9.29. The van der Waals surface area contributed by atoms with Crippen LogP contribution in [-0.2, 0) is 16.1 Å². The highest BCUT2D eigenvalue weighted by Gasteiger charge is 2.31. The quantitative estimate of drug-likeness (QED) is 0.644. The molecule has 2 aromatic carbocycles. The van der Waals surface area contributed by atoms with E-state index in [1.807, 2.05) is 19.9 Å². The van der Waals surface area contributed by atoms with Crippen molar-refractivity contribution in [3.8, 4) is 0 Å². The van der Waals surface area contributed by atoms with Crippen molar-refractivity contribution in [1.29, 1.82) is 0 Å². The lowest BCUT2D eigenvalue weighted by Crippen LogP contribution is -2.34. The number of carbonyl (C=O) groups excluding carboxylic acids is 2. The van der Waals surface area contributed by atoms with Crippen LogP contribution in [0.3, 0.4) is 0 Å². The Morgan fingerprint density at radius 2 is 2.00 bits per heavy atom. The lowest BCUT2D eigenvalue weighted by Gasteiger charge is -2.25. The summed E-state index contributed by atoms with van der Waals surface area (Å²) < 4.78 is 13.7. The number of halogens is 1. The van der Waals surface area contributed by atoms with E-state index in [-0.39, 0.29) is 18.2 Å². The summed E-state index contributed by atoms with van der Waals surface area (Å²) in [4.78, 5) is 28.2. The number of hydrogen-bond acceptors (Lipinski definition) is 2. The van der Waals surface area contributed by atoms with Crippen LogP contribution in [-0.4, -0.2) is 16.8 Å². The first kappa shape index (κ1) is 18.2. The number of anilines is 1. The number of H-pyrrole nitrogens is 1. The smallest absolute Gasteiger partial charge is 0.228 e. The highest BCUT2D eigenvalue weighted by atomic mass is 19.1. The maximum atomic E-state index is 13.7. The van der Waals surface area contributed by atoms with Crippen LogP contribution in [0.15, 0.2) is 30.3 Å². The second-order valence-electron chi connectivity index (χ2n) is 7.48. The second kappa shape index (κ2) is 6.78. The summed E-state index contributed by atoms with van der Waals surface area (Å²) in [5.41, 5.74) is 6.40. The van der Waals surface area contributed by atoms with Crippen molar-refractivity contribution in [2.75, 3.05) is 5.32 Å². The Kier molecular flexibility index (Phi) is 4.41. The van der Waals surface area contributed by atoms with Gasteiger partial charge < -0.3 is 15.6 Å². The third-order valence-corrected chi connectivity index (χ3v) is 5.47. The normalized spacial score (nSPS) is 16.0. The number of amides is 2. The summed E-state index contributed by atoms with van der Waals surface area (Å²) in [5.74, 6) is -1.65. The molecule has 3 aromatic rings. The second-order valence-corrected chi connectivity index (χ2v) is 7.48. The van der Waals surface area contributed by atoms with Crippen molar-refractivity contribution in [1.82, 2.24) is 10.3 Å². The summed E-state index contributed by atoms with van der Waals surface area (Å²) in [6, 6.07) is 8.26. The molecule has 1 aliphatic heterocycles. The molecule has 0 spiro atoms. The zero-order chi connectivity index (χ0) is 20.0. The number of hydrogen-bond donors (Lipinski definition) is 3. The molecule has 6 heteroatoms. The number of benzene rings is 2. The van der Waals surface area contributed by atoms with Gasteiger partial charge in [-0.1, -0.05) is 11.6 Å². The summed E-state index contributed by atoms with van der Waals surface area (Å²) in [7, 11) is 0. The largest absolute Gasteiger partial charge is 0.358 e. The van der Waals surface area contributed by atoms with Gasteiger partial charge in [0.1, 0.15) is 5.82 Å². The molecule has 0 saturated carbocycles. The Morgan fingerprint density at radius 1 is 1.21 bits per heavy atom. The molecule has 3 N–H and O–H groups in total. The first-order valence-corrected chi connectivity index (χ1v) is 9.29. The molecular formula is C22H22FN3O2. The fraction of sp³-hybridized carbons (Fsp3) is 0.273. The predicted octanol–water partition coefficient (Wildman–Crippen LogP) is 3.97.